The van der Waals surface area contributed by atoms with Gasteiger partial charge in [0.1, 0.15) is 17.2 Å². The molecule has 1 saturated heterocycles. The van der Waals surface area contributed by atoms with Gasteiger partial charge in [-0.1, -0.05) is 35.9 Å². The van der Waals surface area contributed by atoms with Crippen LogP contribution in [0.25, 0.3) is 11.1 Å². The van der Waals surface area contributed by atoms with Crippen LogP contribution in [0.1, 0.15) is 25.1 Å². The second-order valence-electron chi connectivity index (χ2n) is 7.62. The molecule has 3 nitrogen and oxygen atoms in total. The van der Waals surface area contributed by atoms with Gasteiger partial charge in [0.15, 0.2) is 0 Å². The molecule has 6 heteroatoms. The van der Waals surface area contributed by atoms with Crippen molar-refractivity contribution in [2.75, 3.05) is 6.61 Å². The Balaban J connectivity index is 1.50. The summed E-state index contributed by atoms with van der Waals surface area (Å²) in [5, 5.41) is 0.367. The second-order valence-corrected chi connectivity index (χ2v) is 8.05. The molecule has 0 saturated carbocycles. The van der Waals surface area contributed by atoms with E-state index in [1.165, 1.54) is 19.9 Å². The molecule has 0 amide bonds. The predicted molar refractivity (Wildman–Crippen MR) is 108 cm³/mol. The van der Waals surface area contributed by atoms with Gasteiger partial charge in [0.25, 0.3) is 0 Å². The number of ether oxygens (including phenoxy) is 2. The van der Waals surface area contributed by atoms with Crippen molar-refractivity contribution in [2.24, 2.45) is 0 Å². The fourth-order valence-electron chi connectivity index (χ4n) is 3.23. The van der Waals surface area contributed by atoms with Crippen LogP contribution in [0.5, 0.6) is 5.75 Å². The van der Waals surface area contributed by atoms with Crippen LogP contribution in [-0.4, -0.2) is 17.4 Å². The summed E-state index contributed by atoms with van der Waals surface area (Å²) < 4.78 is 38.6. The lowest BCUT2D eigenvalue weighted by atomic mass is 9.95. The first-order valence-corrected chi connectivity index (χ1v) is 9.65. The van der Waals surface area contributed by atoms with Crippen LogP contribution in [0, 0.1) is 5.82 Å². The number of alkyl halides is 1. The van der Waals surface area contributed by atoms with Crippen LogP contribution in [-0.2, 0) is 16.8 Å². The highest BCUT2D eigenvalue weighted by atomic mass is 35.5. The summed E-state index contributed by atoms with van der Waals surface area (Å²) in [4.78, 5) is 4.55. The third kappa shape index (κ3) is 4.57. The third-order valence-electron chi connectivity index (χ3n) is 4.76. The topological polar surface area (TPSA) is 34.6 Å². The Labute approximate surface area is 173 Å². The van der Waals surface area contributed by atoms with Crippen molar-refractivity contribution in [3.05, 3.63) is 82.9 Å². The second kappa shape index (κ2) is 7.39. The number of benzene rings is 2. The van der Waals surface area contributed by atoms with E-state index >= 15 is 0 Å². The standard InChI is InChI=1S/C23H20ClF2NO2/c1-22(2,26)29-19-8-4-15(5-9-19)17-6-10-21(27-13-17)23(14-28-23)12-16-3-7-18(24)11-20(16)25/h3-11,13H,12,14H2,1-2H3. The molecular formula is C23H20ClF2NO2. The monoisotopic (exact) mass is 415 g/mol. The van der Waals surface area contributed by atoms with E-state index in [4.69, 9.17) is 21.1 Å². The maximum Gasteiger partial charge on any atom is 0.242 e. The van der Waals surface area contributed by atoms with Gasteiger partial charge in [0.2, 0.25) is 5.85 Å². The largest absolute Gasteiger partial charge is 0.459 e. The zero-order valence-electron chi connectivity index (χ0n) is 16.1. The smallest absolute Gasteiger partial charge is 0.242 e. The first kappa shape index (κ1) is 19.8. The van der Waals surface area contributed by atoms with Crippen molar-refractivity contribution in [3.8, 4) is 16.9 Å². The van der Waals surface area contributed by atoms with Crippen molar-refractivity contribution < 1.29 is 18.3 Å². The minimum Gasteiger partial charge on any atom is -0.459 e. The number of aromatic nitrogens is 1. The van der Waals surface area contributed by atoms with Gasteiger partial charge in [-0.05, 0) is 41.5 Å². The van der Waals surface area contributed by atoms with Gasteiger partial charge in [-0.2, -0.15) is 4.39 Å². The summed E-state index contributed by atoms with van der Waals surface area (Å²) in [6.07, 6.45) is 2.15. The summed E-state index contributed by atoms with van der Waals surface area (Å²) >= 11 is 5.83. The van der Waals surface area contributed by atoms with E-state index < -0.39 is 11.5 Å². The summed E-state index contributed by atoms with van der Waals surface area (Å²) in [5.74, 6) is -1.61. The van der Waals surface area contributed by atoms with Gasteiger partial charge in [-0.15, -0.1) is 0 Å². The number of pyridine rings is 1. The zero-order chi connectivity index (χ0) is 20.6. The van der Waals surface area contributed by atoms with E-state index in [1.807, 2.05) is 24.3 Å². The maximum atomic E-state index is 14.2. The molecule has 0 N–H and O–H groups in total. The Kier molecular flexibility index (Phi) is 5.05. The number of hydrogen-bond acceptors (Lipinski definition) is 3. The third-order valence-corrected chi connectivity index (χ3v) is 5.00. The van der Waals surface area contributed by atoms with Gasteiger partial charge in [0.05, 0.1) is 12.3 Å². The number of epoxide rings is 1. The molecule has 1 aliphatic heterocycles. The summed E-state index contributed by atoms with van der Waals surface area (Å²) in [7, 11) is 0. The summed E-state index contributed by atoms with van der Waals surface area (Å²) in [6.45, 7) is 3.21. The maximum absolute atomic E-state index is 14.2. The van der Waals surface area contributed by atoms with Gasteiger partial charge in [-0.25, -0.2) is 4.39 Å². The highest BCUT2D eigenvalue weighted by molar-refractivity contribution is 6.30. The molecule has 4 rings (SSSR count). The summed E-state index contributed by atoms with van der Waals surface area (Å²) in [5.41, 5.74) is 2.55. The van der Waals surface area contributed by atoms with Gasteiger partial charge in [-0.3, -0.25) is 4.98 Å². The lowest BCUT2D eigenvalue weighted by molar-refractivity contribution is -0.0256. The highest BCUT2D eigenvalue weighted by Gasteiger charge is 2.48. The molecule has 29 heavy (non-hydrogen) atoms. The Morgan fingerprint density at radius 2 is 1.79 bits per heavy atom. The number of halogens is 3. The molecule has 1 fully saturated rings. The summed E-state index contributed by atoms with van der Waals surface area (Å²) in [6, 6.07) is 15.6. The lowest BCUT2D eigenvalue weighted by Gasteiger charge is -2.17. The SMILES string of the molecule is CC(C)(F)Oc1ccc(-c2ccc(C3(Cc4ccc(Cl)cc4F)CO3)nc2)cc1. The average molecular weight is 416 g/mol. The molecule has 1 atom stereocenters. The molecule has 0 bridgehead atoms. The molecule has 0 radical (unpaired) electrons. The van der Waals surface area contributed by atoms with Crippen LogP contribution >= 0.6 is 11.6 Å². The van der Waals surface area contributed by atoms with E-state index in [-0.39, 0.29) is 5.82 Å². The van der Waals surface area contributed by atoms with Gasteiger partial charge in [0, 0.05) is 37.1 Å². The number of nitrogens with zero attached hydrogens (tertiary/aromatic N) is 1. The first-order chi connectivity index (χ1) is 13.7. The molecule has 3 aromatic rings. The van der Waals surface area contributed by atoms with Gasteiger partial charge < -0.3 is 9.47 Å². The minimum atomic E-state index is -1.73. The first-order valence-electron chi connectivity index (χ1n) is 9.27. The fourth-order valence-corrected chi connectivity index (χ4v) is 3.39. The van der Waals surface area contributed by atoms with Crippen molar-refractivity contribution >= 4 is 11.6 Å². The lowest BCUT2D eigenvalue weighted by Crippen LogP contribution is -2.20. The van der Waals surface area contributed by atoms with E-state index in [9.17, 15) is 8.78 Å². The molecule has 1 aromatic heterocycles. The number of rotatable bonds is 6. The van der Waals surface area contributed by atoms with Gasteiger partial charge >= 0.3 is 0 Å². The molecule has 0 spiro atoms. The zero-order valence-corrected chi connectivity index (χ0v) is 16.8. The molecule has 2 aromatic carbocycles. The normalized spacial score (nSPS) is 18.5. The van der Waals surface area contributed by atoms with Crippen LogP contribution in [0.2, 0.25) is 5.02 Å². The quantitative estimate of drug-likeness (QED) is 0.456. The average Bonchev–Trinajstić information content (AvgIpc) is 3.44. The Morgan fingerprint density at radius 3 is 2.34 bits per heavy atom. The molecule has 1 unspecified atom stereocenters. The van der Waals surface area contributed by atoms with E-state index in [2.05, 4.69) is 4.98 Å². The molecule has 150 valence electrons. The Hall–Kier alpha value is -2.50. The number of hydrogen-bond donors (Lipinski definition) is 0. The van der Waals surface area contributed by atoms with Crippen LogP contribution < -0.4 is 4.74 Å². The molecule has 2 heterocycles. The molecule has 0 aliphatic carbocycles. The van der Waals surface area contributed by atoms with Crippen LogP contribution in [0.15, 0.2) is 60.8 Å². The van der Waals surface area contributed by atoms with Crippen LogP contribution in [0.4, 0.5) is 8.78 Å². The van der Waals surface area contributed by atoms with Crippen LogP contribution in [0.3, 0.4) is 0 Å². The predicted octanol–water partition coefficient (Wildman–Crippen LogP) is 6.09. The fraction of sp³-hybridized carbons (Fsp3) is 0.261. The van der Waals surface area contributed by atoms with Crippen molar-refractivity contribution in [1.29, 1.82) is 0 Å². The minimum absolute atomic E-state index is 0.345. The van der Waals surface area contributed by atoms with Crippen molar-refractivity contribution in [3.63, 3.8) is 0 Å². The Morgan fingerprint density at radius 1 is 1.10 bits per heavy atom. The molecular weight excluding hydrogens is 396 g/mol. The van der Waals surface area contributed by atoms with E-state index in [0.717, 1.165) is 16.8 Å². The highest BCUT2D eigenvalue weighted by Crippen LogP contribution is 2.41. The van der Waals surface area contributed by atoms with E-state index in [1.54, 1.807) is 30.5 Å². The Bertz CT molecular complexity index is 1010. The molecule has 1 aliphatic rings. The van der Waals surface area contributed by atoms with E-state index in [0.29, 0.717) is 29.4 Å². The van der Waals surface area contributed by atoms with Crippen molar-refractivity contribution in [1.82, 2.24) is 4.98 Å². The van der Waals surface area contributed by atoms with Crippen molar-refractivity contribution in [2.45, 2.75) is 31.7 Å².